The fourth-order valence-electron chi connectivity index (χ4n) is 1.73. The van der Waals surface area contributed by atoms with E-state index in [2.05, 4.69) is 10.4 Å². The van der Waals surface area contributed by atoms with Gasteiger partial charge < -0.3 is 10.2 Å². The average molecular weight is 267 g/mol. The molecule has 3 N–H and O–H groups in total. The summed E-state index contributed by atoms with van der Waals surface area (Å²) in [5.74, 6) is 6.73. The van der Waals surface area contributed by atoms with Crippen LogP contribution in [-0.4, -0.2) is 23.8 Å². The maximum Gasteiger partial charge on any atom is 0.306 e. The normalized spacial score (nSPS) is 16.1. The summed E-state index contributed by atoms with van der Waals surface area (Å²) in [6.45, 7) is 0. The van der Waals surface area contributed by atoms with E-state index in [0.29, 0.717) is 12.2 Å². The molecule has 0 unspecified atom stereocenters. The first-order valence-corrected chi connectivity index (χ1v) is 6.79. The molecule has 18 heavy (non-hydrogen) atoms. The standard InChI is InChI=1S/C12H17N3O2S/c1-17-11(16)7-12(5-6-12)8-18-10-4-2-3-9(14-10)15-13/h2-4H,5-8,13H2,1H3,(H,14,15). The fraction of sp³-hybridized carbons (Fsp3) is 0.500. The van der Waals surface area contributed by atoms with Crippen molar-refractivity contribution in [3.05, 3.63) is 18.2 Å². The van der Waals surface area contributed by atoms with Crippen LogP contribution in [-0.2, 0) is 9.53 Å². The third kappa shape index (κ3) is 3.36. The number of carbonyl (C=O) groups is 1. The number of rotatable bonds is 6. The van der Waals surface area contributed by atoms with Crippen molar-refractivity contribution in [2.45, 2.75) is 24.3 Å². The second kappa shape index (κ2) is 5.58. The lowest BCUT2D eigenvalue weighted by atomic mass is 10.1. The van der Waals surface area contributed by atoms with E-state index in [1.807, 2.05) is 18.2 Å². The van der Waals surface area contributed by atoms with Crippen molar-refractivity contribution < 1.29 is 9.53 Å². The highest BCUT2D eigenvalue weighted by Gasteiger charge is 2.44. The van der Waals surface area contributed by atoms with Gasteiger partial charge in [-0.1, -0.05) is 6.07 Å². The summed E-state index contributed by atoms with van der Waals surface area (Å²) in [4.78, 5) is 15.6. The molecule has 5 nitrogen and oxygen atoms in total. The predicted molar refractivity (Wildman–Crippen MR) is 71.1 cm³/mol. The number of nitrogens with one attached hydrogen (secondary N) is 1. The van der Waals surface area contributed by atoms with Crippen molar-refractivity contribution >= 4 is 23.5 Å². The van der Waals surface area contributed by atoms with E-state index < -0.39 is 0 Å². The van der Waals surface area contributed by atoms with E-state index in [1.54, 1.807) is 11.8 Å². The van der Waals surface area contributed by atoms with Crippen molar-refractivity contribution in [3.63, 3.8) is 0 Å². The van der Waals surface area contributed by atoms with Gasteiger partial charge in [-0.25, -0.2) is 10.8 Å². The molecule has 0 radical (unpaired) electrons. The number of nitrogens with two attached hydrogens (primary N) is 1. The highest BCUT2D eigenvalue weighted by atomic mass is 32.2. The van der Waals surface area contributed by atoms with Crippen LogP contribution in [0.15, 0.2) is 23.2 Å². The van der Waals surface area contributed by atoms with E-state index in [0.717, 1.165) is 23.6 Å². The van der Waals surface area contributed by atoms with E-state index >= 15 is 0 Å². The molecule has 0 bridgehead atoms. The maximum absolute atomic E-state index is 11.3. The summed E-state index contributed by atoms with van der Waals surface area (Å²) < 4.78 is 4.72. The molecule has 1 aliphatic rings. The number of methoxy groups -OCH3 is 1. The lowest BCUT2D eigenvalue weighted by Crippen LogP contribution is -2.13. The summed E-state index contributed by atoms with van der Waals surface area (Å²) in [7, 11) is 1.43. The Morgan fingerprint density at radius 1 is 1.61 bits per heavy atom. The zero-order valence-electron chi connectivity index (χ0n) is 10.3. The summed E-state index contributed by atoms with van der Waals surface area (Å²) in [5, 5.41) is 0.918. The quantitative estimate of drug-likeness (QED) is 0.354. The number of hydrogen-bond donors (Lipinski definition) is 2. The van der Waals surface area contributed by atoms with Crippen LogP contribution in [0.5, 0.6) is 0 Å². The van der Waals surface area contributed by atoms with Crippen LogP contribution in [0.25, 0.3) is 0 Å². The Hall–Kier alpha value is -1.27. The fourth-order valence-corrected chi connectivity index (χ4v) is 2.91. The summed E-state index contributed by atoms with van der Waals surface area (Å²) >= 11 is 1.66. The molecule has 1 saturated carbocycles. The van der Waals surface area contributed by atoms with Gasteiger partial charge in [0.1, 0.15) is 5.82 Å². The zero-order chi connectivity index (χ0) is 13.0. The second-order valence-electron chi connectivity index (χ2n) is 4.55. The van der Waals surface area contributed by atoms with Gasteiger partial charge >= 0.3 is 5.97 Å². The number of hydrazine groups is 1. The van der Waals surface area contributed by atoms with Gasteiger partial charge in [-0.05, 0) is 30.4 Å². The Balaban J connectivity index is 1.89. The molecule has 1 aliphatic carbocycles. The van der Waals surface area contributed by atoms with Gasteiger partial charge in [0, 0.05) is 5.75 Å². The number of thioether (sulfide) groups is 1. The molecule has 0 spiro atoms. The Morgan fingerprint density at radius 2 is 2.39 bits per heavy atom. The van der Waals surface area contributed by atoms with Crippen LogP contribution >= 0.6 is 11.8 Å². The van der Waals surface area contributed by atoms with Crippen molar-refractivity contribution in [3.8, 4) is 0 Å². The SMILES string of the molecule is COC(=O)CC1(CSc2cccc(NN)n2)CC1. The Kier molecular flexibility index (Phi) is 4.08. The van der Waals surface area contributed by atoms with Gasteiger partial charge in [-0.2, -0.15) is 0 Å². The largest absolute Gasteiger partial charge is 0.469 e. The molecule has 1 aromatic rings. The molecule has 98 valence electrons. The van der Waals surface area contributed by atoms with Crippen LogP contribution < -0.4 is 11.3 Å². The minimum absolute atomic E-state index is 0.117. The number of pyridine rings is 1. The molecule has 0 aromatic carbocycles. The third-order valence-electron chi connectivity index (χ3n) is 3.10. The average Bonchev–Trinajstić information content (AvgIpc) is 3.17. The van der Waals surface area contributed by atoms with Crippen molar-refractivity contribution in [2.75, 3.05) is 18.3 Å². The first kappa shape index (κ1) is 13.2. The van der Waals surface area contributed by atoms with E-state index in [1.165, 1.54) is 7.11 Å². The number of nitrogen functional groups attached to an aromatic ring is 1. The number of hydrogen-bond acceptors (Lipinski definition) is 6. The monoisotopic (exact) mass is 267 g/mol. The highest BCUT2D eigenvalue weighted by Crippen LogP contribution is 2.52. The van der Waals surface area contributed by atoms with Crippen LogP contribution in [0.1, 0.15) is 19.3 Å². The predicted octanol–water partition coefficient (Wildman–Crippen LogP) is 1.80. The number of aromatic nitrogens is 1. The maximum atomic E-state index is 11.3. The number of ether oxygens (including phenoxy) is 1. The molecule has 1 aromatic heterocycles. The Morgan fingerprint density at radius 3 is 3.00 bits per heavy atom. The van der Waals surface area contributed by atoms with E-state index in [4.69, 9.17) is 10.6 Å². The van der Waals surface area contributed by atoms with Crippen LogP contribution in [0.2, 0.25) is 0 Å². The molecular weight excluding hydrogens is 250 g/mol. The van der Waals surface area contributed by atoms with Gasteiger partial charge in [0.2, 0.25) is 0 Å². The third-order valence-corrected chi connectivity index (χ3v) is 4.38. The van der Waals surface area contributed by atoms with Crippen molar-refractivity contribution in [1.29, 1.82) is 0 Å². The first-order chi connectivity index (χ1) is 8.67. The number of esters is 1. The minimum Gasteiger partial charge on any atom is -0.469 e. The molecule has 2 rings (SSSR count). The van der Waals surface area contributed by atoms with Gasteiger partial charge in [-0.15, -0.1) is 11.8 Å². The molecule has 0 amide bonds. The second-order valence-corrected chi connectivity index (χ2v) is 5.54. The summed E-state index contributed by atoms with van der Waals surface area (Å²) in [6.07, 6.45) is 2.68. The van der Waals surface area contributed by atoms with Crippen LogP contribution in [0.4, 0.5) is 5.82 Å². The molecule has 6 heteroatoms. The first-order valence-electron chi connectivity index (χ1n) is 5.81. The van der Waals surface area contributed by atoms with Crippen molar-refractivity contribution in [1.82, 2.24) is 4.98 Å². The van der Waals surface area contributed by atoms with E-state index in [9.17, 15) is 4.79 Å². The molecule has 1 heterocycles. The Labute approximate surface area is 110 Å². The lowest BCUT2D eigenvalue weighted by Gasteiger charge is -2.12. The highest BCUT2D eigenvalue weighted by molar-refractivity contribution is 7.99. The van der Waals surface area contributed by atoms with Gasteiger partial charge in [-0.3, -0.25) is 4.79 Å². The van der Waals surface area contributed by atoms with E-state index in [-0.39, 0.29) is 11.4 Å². The zero-order valence-corrected chi connectivity index (χ0v) is 11.1. The van der Waals surface area contributed by atoms with Gasteiger partial charge in [0.15, 0.2) is 0 Å². The number of anilines is 1. The molecule has 0 atom stereocenters. The molecule has 0 saturated heterocycles. The molecule has 0 aliphatic heterocycles. The van der Waals surface area contributed by atoms with Gasteiger partial charge in [0.05, 0.1) is 18.6 Å². The number of carbonyl (C=O) groups excluding carboxylic acids is 1. The van der Waals surface area contributed by atoms with Gasteiger partial charge in [0.25, 0.3) is 0 Å². The topological polar surface area (TPSA) is 77.2 Å². The smallest absolute Gasteiger partial charge is 0.306 e. The van der Waals surface area contributed by atoms with Crippen molar-refractivity contribution in [2.24, 2.45) is 11.3 Å². The summed E-state index contributed by atoms with van der Waals surface area (Å²) in [5.41, 5.74) is 2.64. The minimum atomic E-state index is -0.126. The number of nitrogens with zero attached hydrogens (tertiary/aromatic N) is 1. The molecular formula is C12H17N3O2S. The van der Waals surface area contributed by atoms with Crippen LogP contribution in [0, 0.1) is 5.41 Å². The Bertz CT molecular complexity index is 435. The lowest BCUT2D eigenvalue weighted by molar-refractivity contribution is -0.141. The summed E-state index contributed by atoms with van der Waals surface area (Å²) in [6, 6.07) is 5.66. The van der Waals surface area contributed by atoms with Crippen LogP contribution in [0.3, 0.4) is 0 Å². The molecule has 1 fully saturated rings.